The number of benzene rings is 1. The lowest BCUT2D eigenvalue weighted by molar-refractivity contribution is 0.0523. The molecule has 2 N–H and O–H groups in total. The van der Waals surface area contributed by atoms with Crippen molar-refractivity contribution >= 4 is 41.5 Å². The Balaban J connectivity index is 0.00000364. The second-order valence-corrected chi connectivity index (χ2v) is 7.15. The lowest BCUT2D eigenvalue weighted by Gasteiger charge is -2.37. The summed E-state index contributed by atoms with van der Waals surface area (Å²) in [6.45, 7) is 8.17. The third-order valence-electron chi connectivity index (χ3n) is 4.89. The Kier molecular flexibility index (Phi) is 11.4. The molecule has 1 aromatic carbocycles. The van der Waals surface area contributed by atoms with Crippen molar-refractivity contribution in [1.29, 1.82) is 0 Å². The Morgan fingerprint density at radius 1 is 1.26 bits per heavy atom. The molecule has 0 atom stereocenters. The normalized spacial score (nSPS) is 16.4. The minimum absolute atomic E-state index is 0. The van der Waals surface area contributed by atoms with Gasteiger partial charge in [-0.3, -0.25) is 4.99 Å². The maximum atomic E-state index is 6.30. The number of hydrogen-bond donors (Lipinski definition) is 2. The predicted molar refractivity (Wildman–Crippen MR) is 124 cm³/mol. The number of rotatable bonds is 8. The van der Waals surface area contributed by atoms with Crippen molar-refractivity contribution in [3.05, 3.63) is 28.8 Å². The maximum Gasteiger partial charge on any atom is 0.191 e. The highest BCUT2D eigenvalue weighted by molar-refractivity contribution is 14.0. The van der Waals surface area contributed by atoms with Crippen LogP contribution in [-0.2, 0) is 10.2 Å². The van der Waals surface area contributed by atoms with E-state index in [0.717, 1.165) is 74.3 Å². The molecule has 0 aromatic heterocycles. The van der Waals surface area contributed by atoms with Gasteiger partial charge in [-0.2, -0.15) is 0 Å². The first-order valence-corrected chi connectivity index (χ1v) is 9.97. The zero-order chi connectivity index (χ0) is 18.8. The smallest absolute Gasteiger partial charge is 0.191 e. The average Bonchev–Trinajstić information content (AvgIpc) is 2.67. The standard InChI is InChI=1S/C20H32ClN3O2.HI/c1-4-6-11-23-19(22-5-2)24-15-20(9-12-26-13-10-20)17-14-16(21)7-8-18(17)25-3;/h7-8,14H,4-6,9-13,15H2,1-3H3,(H2,22,23,24);1H. The van der Waals surface area contributed by atoms with E-state index >= 15 is 0 Å². The molecular formula is C20H33ClIN3O2. The number of methoxy groups -OCH3 is 1. The Labute approximate surface area is 185 Å². The molecule has 0 amide bonds. The van der Waals surface area contributed by atoms with Crippen molar-refractivity contribution in [2.24, 2.45) is 4.99 Å². The van der Waals surface area contributed by atoms with Crippen molar-refractivity contribution in [1.82, 2.24) is 10.6 Å². The van der Waals surface area contributed by atoms with Gasteiger partial charge < -0.3 is 20.1 Å². The molecule has 0 radical (unpaired) electrons. The van der Waals surface area contributed by atoms with Gasteiger partial charge in [0.1, 0.15) is 5.75 Å². The van der Waals surface area contributed by atoms with Gasteiger partial charge in [-0.05, 0) is 44.4 Å². The molecular weight excluding hydrogens is 477 g/mol. The van der Waals surface area contributed by atoms with Crippen LogP contribution in [0.3, 0.4) is 0 Å². The molecule has 0 saturated carbocycles. The number of unbranched alkanes of at least 4 members (excludes halogenated alkanes) is 1. The second kappa shape index (κ2) is 12.7. The molecule has 0 spiro atoms. The molecule has 1 saturated heterocycles. The van der Waals surface area contributed by atoms with Crippen LogP contribution in [0.15, 0.2) is 23.2 Å². The molecule has 1 aliphatic rings. The van der Waals surface area contributed by atoms with E-state index in [1.807, 2.05) is 18.2 Å². The van der Waals surface area contributed by atoms with E-state index in [1.165, 1.54) is 0 Å². The van der Waals surface area contributed by atoms with Gasteiger partial charge in [-0.1, -0.05) is 24.9 Å². The molecule has 27 heavy (non-hydrogen) atoms. The van der Waals surface area contributed by atoms with Gasteiger partial charge in [-0.15, -0.1) is 24.0 Å². The zero-order valence-electron chi connectivity index (χ0n) is 16.6. The molecule has 1 aromatic rings. The summed E-state index contributed by atoms with van der Waals surface area (Å²) in [5, 5.41) is 7.49. The molecule has 2 rings (SSSR count). The number of guanidine groups is 1. The number of nitrogens with one attached hydrogen (secondary N) is 2. The lowest BCUT2D eigenvalue weighted by atomic mass is 9.73. The Hall–Kier alpha value is -0.730. The Bertz CT molecular complexity index is 593. The summed E-state index contributed by atoms with van der Waals surface area (Å²) in [5.41, 5.74) is 1.01. The summed E-state index contributed by atoms with van der Waals surface area (Å²) < 4.78 is 11.3. The average molecular weight is 510 g/mol. The third-order valence-corrected chi connectivity index (χ3v) is 5.12. The second-order valence-electron chi connectivity index (χ2n) is 6.71. The number of ether oxygens (including phenoxy) is 2. The van der Waals surface area contributed by atoms with Crippen molar-refractivity contribution in [3.8, 4) is 5.75 Å². The van der Waals surface area contributed by atoms with Crippen LogP contribution >= 0.6 is 35.6 Å². The molecule has 5 nitrogen and oxygen atoms in total. The Morgan fingerprint density at radius 3 is 2.63 bits per heavy atom. The van der Waals surface area contributed by atoms with Crippen molar-refractivity contribution in [2.75, 3.05) is 40.0 Å². The summed E-state index contributed by atoms with van der Waals surface area (Å²) in [6.07, 6.45) is 4.10. The van der Waals surface area contributed by atoms with Crippen LogP contribution in [0, 0.1) is 0 Å². The number of aliphatic imine (C=N–C) groups is 1. The zero-order valence-corrected chi connectivity index (χ0v) is 19.7. The van der Waals surface area contributed by atoms with Gasteiger partial charge in [0.15, 0.2) is 5.96 Å². The molecule has 7 heteroatoms. The monoisotopic (exact) mass is 509 g/mol. The maximum absolute atomic E-state index is 6.30. The third kappa shape index (κ3) is 6.98. The molecule has 1 aliphatic heterocycles. The number of halogens is 2. The number of nitrogens with zero attached hydrogens (tertiary/aromatic N) is 1. The van der Waals surface area contributed by atoms with E-state index < -0.39 is 0 Å². The van der Waals surface area contributed by atoms with Crippen molar-refractivity contribution in [3.63, 3.8) is 0 Å². The van der Waals surface area contributed by atoms with Gasteiger partial charge in [0.05, 0.1) is 13.7 Å². The van der Waals surface area contributed by atoms with Gasteiger partial charge in [-0.25, -0.2) is 0 Å². The largest absolute Gasteiger partial charge is 0.496 e. The molecule has 1 fully saturated rings. The first-order valence-electron chi connectivity index (χ1n) is 9.59. The summed E-state index contributed by atoms with van der Waals surface area (Å²) in [7, 11) is 1.71. The summed E-state index contributed by atoms with van der Waals surface area (Å²) in [5.74, 6) is 1.74. The van der Waals surface area contributed by atoms with Crippen molar-refractivity contribution in [2.45, 2.75) is 44.9 Å². The fourth-order valence-corrected chi connectivity index (χ4v) is 3.50. The van der Waals surface area contributed by atoms with E-state index in [1.54, 1.807) is 7.11 Å². The summed E-state index contributed by atoms with van der Waals surface area (Å²) in [4.78, 5) is 4.90. The molecule has 1 heterocycles. The van der Waals surface area contributed by atoms with Gasteiger partial charge in [0.2, 0.25) is 0 Å². The van der Waals surface area contributed by atoms with Crippen molar-refractivity contribution < 1.29 is 9.47 Å². The first-order chi connectivity index (χ1) is 12.6. The van der Waals surface area contributed by atoms with E-state index in [0.29, 0.717) is 6.54 Å². The van der Waals surface area contributed by atoms with Crippen LogP contribution in [0.4, 0.5) is 0 Å². The fourth-order valence-electron chi connectivity index (χ4n) is 3.33. The molecule has 0 unspecified atom stereocenters. The fraction of sp³-hybridized carbons (Fsp3) is 0.650. The van der Waals surface area contributed by atoms with Crippen LogP contribution in [0.5, 0.6) is 5.75 Å². The van der Waals surface area contributed by atoms with E-state index in [9.17, 15) is 0 Å². The van der Waals surface area contributed by atoms with Crippen LogP contribution in [0.25, 0.3) is 0 Å². The van der Waals surface area contributed by atoms with Crippen LogP contribution in [0.1, 0.15) is 45.1 Å². The molecule has 0 bridgehead atoms. The lowest BCUT2D eigenvalue weighted by Crippen LogP contribution is -2.41. The number of hydrogen-bond acceptors (Lipinski definition) is 3. The summed E-state index contributed by atoms with van der Waals surface area (Å²) >= 11 is 6.30. The van der Waals surface area contributed by atoms with Gasteiger partial charge >= 0.3 is 0 Å². The SMILES string of the molecule is CCCCNC(=NCC1(c2cc(Cl)ccc2OC)CCOCC1)NCC.I. The molecule has 154 valence electrons. The highest BCUT2D eigenvalue weighted by atomic mass is 127. The van der Waals surface area contributed by atoms with Crippen LogP contribution in [0.2, 0.25) is 5.02 Å². The van der Waals surface area contributed by atoms with Gasteiger partial charge in [0.25, 0.3) is 0 Å². The van der Waals surface area contributed by atoms with Crippen LogP contribution in [-0.4, -0.2) is 45.9 Å². The first kappa shape index (κ1) is 24.3. The minimum atomic E-state index is -0.123. The Morgan fingerprint density at radius 2 is 2.00 bits per heavy atom. The topological polar surface area (TPSA) is 54.9 Å². The summed E-state index contributed by atoms with van der Waals surface area (Å²) in [6, 6.07) is 5.85. The van der Waals surface area contributed by atoms with E-state index in [2.05, 4.69) is 24.5 Å². The van der Waals surface area contributed by atoms with E-state index in [4.69, 9.17) is 26.1 Å². The predicted octanol–water partition coefficient (Wildman–Crippen LogP) is 4.37. The minimum Gasteiger partial charge on any atom is -0.496 e. The quantitative estimate of drug-likeness (QED) is 0.236. The molecule has 0 aliphatic carbocycles. The van der Waals surface area contributed by atoms with E-state index in [-0.39, 0.29) is 29.4 Å². The van der Waals surface area contributed by atoms with Crippen LogP contribution < -0.4 is 15.4 Å². The highest BCUT2D eigenvalue weighted by Crippen LogP contribution is 2.41. The van der Waals surface area contributed by atoms with Gasteiger partial charge in [0, 0.05) is 42.3 Å². The highest BCUT2D eigenvalue weighted by Gasteiger charge is 2.37.